The first-order chi connectivity index (χ1) is 12.5. The first-order valence-electron chi connectivity index (χ1n) is 8.35. The van der Waals surface area contributed by atoms with Crippen molar-refractivity contribution in [3.63, 3.8) is 0 Å². The highest BCUT2D eigenvalue weighted by molar-refractivity contribution is 7.88. The number of fused-ring (bicyclic) bond motifs is 1. The van der Waals surface area contributed by atoms with Crippen molar-refractivity contribution in [1.82, 2.24) is 9.62 Å². The van der Waals surface area contributed by atoms with E-state index in [2.05, 4.69) is 0 Å². The van der Waals surface area contributed by atoms with E-state index in [9.17, 15) is 22.8 Å². The molecule has 0 spiro atoms. The summed E-state index contributed by atoms with van der Waals surface area (Å²) < 4.78 is 30.7. The van der Waals surface area contributed by atoms with Crippen LogP contribution in [0.2, 0.25) is 0 Å². The van der Waals surface area contributed by atoms with Crippen LogP contribution in [0.1, 0.15) is 25.0 Å². The molecule has 3 N–H and O–H groups in total. The summed E-state index contributed by atoms with van der Waals surface area (Å²) in [6.45, 7) is 3.29. The average molecular weight is 397 g/mol. The second-order valence-corrected chi connectivity index (χ2v) is 8.69. The summed E-state index contributed by atoms with van der Waals surface area (Å²) in [5.74, 6) is -2.16. The SMILES string of the molecule is CC(C)[C@@H](OC(=O)[C@@H]1Cc2ccccc2CN1S(C)(=O)=O)C(=O)NC(N)=O. The molecule has 0 saturated carbocycles. The van der Waals surface area contributed by atoms with Gasteiger partial charge in [-0.2, -0.15) is 4.31 Å². The van der Waals surface area contributed by atoms with E-state index in [1.807, 2.05) is 11.4 Å². The van der Waals surface area contributed by atoms with Crippen LogP contribution >= 0.6 is 0 Å². The van der Waals surface area contributed by atoms with E-state index in [1.54, 1.807) is 32.0 Å². The predicted molar refractivity (Wildman–Crippen MR) is 96.8 cm³/mol. The minimum atomic E-state index is -3.70. The number of benzene rings is 1. The van der Waals surface area contributed by atoms with Gasteiger partial charge in [0.05, 0.1) is 6.26 Å². The second kappa shape index (κ2) is 8.05. The summed E-state index contributed by atoms with van der Waals surface area (Å²) in [6, 6.07) is 5.04. The summed E-state index contributed by atoms with van der Waals surface area (Å²) in [7, 11) is -3.70. The lowest BCUT2D eigenvalue weighted by molar-refractivity contribution is -0.162. The molecule has 0 unspecified atom stereocenters. The van der Waals surface area contributed by atoms with Gasteiger partial charge in [0.1, 0.15) is 6.04 Å². The van der Waals surface area contributed by atoms with Gasteiger partial charge in [-0.1, -0.05) is 38.1 Å². The molecule has 0 aromatic heterocycles. The van der Waals surface area contributed by atoms with Crippen molar-refractivity contribution >= 4 is 27.9 Å². The molecule has 0 fully saturated rings. The Labute approximate surface area is 157 Å². The van der Waals surface area contributed by atoms with E-state index in [0.29, 0.717) is 0 Å². The first kappa shape index (κ1) is 20.8. The molecule has 3 amide bonds. The third-order valence-electron chi connectivity index (χ3n) is 4.26. The summed E-state index contributed by atoms with van der Waals surface area (Å²) in [5.41, 5.74) is 6.58. The largest absolute Gasteiger partial charge is 0.451 e. The van der Waals surface area contributed by atoms with E-state index in [4.69, 9.17) is 10.5 Å². The molecule has 0 radical (unpaired) electrons. The molecule has 2 rings (SSSR count). The number of carbonyl (C=O) groups is 3. The van der Waals surface area contributed by atoms with Crippen molar-refractivity contribution in [3.05, 3.63) is 35.4 Å². The Bertz CT molecular complexity index is 852. The summed E-state index contributed by atoms with van der Waals surface area (Å²) >= 11 is 0. The number of ether oxygens (including phenoxy) is 1. The summed E-state index contributed by atoms with van der Waals surface area (Å²) in [4.78, 5) is 35.7. The highest BCUT2D eigenvalue weighted by Crippen LogP contribution is 2.26. The van der Waals surface area contributed by atoms with Crippen LogP contribution in [0.3, 0.4) is 0 Å². The molecule has 1 heterocycles. The maximum atomic E-state index is 12.7. The van der Waals surface area contributed by atoms with E-state index in [1.165, 1.54) is 0 Å². The zero-order chi connectivity index (χ0) is 20.4. The number of imide groups is 1. The van der Waals surface area contributed by atoms with Crippen molar-refractivity contribution < 1.29 is 27.5 Å². The standard InChI is InChI=1S/C17H23N3O6S/c1-10(2)14(15(21)19-17(18)23)26-16(22)13-8-11-6-4-5-7-12(11)9-20(13)27(3,24)25/h4-7,10,13-14H,8-9H2,1-3H3,(H3,18,19,21,23)/t13-,14+/m0/s1. The number of esters is 1. The molecule has 1 aliphatic rings. The molecule has 1 aliphatic heterocycles. The quantitative estimate of drug-likeness (QED) is 0.678. The van der Waals surface area contributed by atoms with Gasteiger partial charge < -0.3 is 10.5 Å². The molecule has 2 atom stereocenters. The number of urea groups is 1. The molecule has 9 nitrogen and oxygen atoms in total. The molecular formula is C17H23N3O6S. The number of nitrogens with one attached hydrogen (secondary N) is 1. The highest BCUT2D eigenvalue weighted by atomic mass is 32.2. The lowest BCUT2D eigenvalue weighted by Crippen LogP contribution is -2.52. The minimum absolute atomic E-state index is 0.0363. The first-order valence-corrected chi connectivity index (χ1v) is 10.2. The molecule has 1 aromatic carbocycles. The molecular weight excluding hydrogens is 374 g/mol. The van der Waals surface area contributed by atoms with E-state index in [-0.39, 0.29) is 13.0 Å². The number of sulfonamides is 1. The molecule has 0 bridgehead atoms. The maximum absolute atomic E-state index is 12.7. The average Bonchev–Trinajstić information content (AvgIpc) is 2.56. The zero-order valence-corrected chi connectivity index (χ0v) is 16.2. The van der Waals surface area contributed by atoms with Crippen LogP contribution in [0.15, 0.2) is 24.3 Å². The van der Waals surface area contributed by atoms with Gasteiger partial charge in [-0.05, 0) is 17.0 Å². The number of primary amides is 1. The number of hydrogen-bond donors (Lipinski definition) is 2. The van der Waals surface area contributed by atoms with Gasteiger partial charge in [-0.15, -0.1) is 0 Å². The molecule has 1 aromatic rings. The maximum Gasteiger partial charge on any atom is 0.325 e. The molecule has 27 heavy (non-hydrogen) atoms. The number of rotatable bonds is 5. The molecule has 0 saturated heterocycles. The van der Waals surface area contributed by atoms with E-state index < -0.39 is 46.0 Å². The van der Waals surface area contributed by atoms with Crippen molar-refractivity contribution in [1.29, 1.82) is 0 Å². The fourth-order valence-electron chi connectivity index (χ4n) is 2.94. The van der Waals surface area contributed by atoms with Crippen LogP contribution in [0.25, 0.3) is 0 Å². The van der Waals surface area contributed by atoms with Crippen LogP contribution in [-0.4, -0.2) is 49.0 Å². The van der Waals surface area contributed by atoms with Crippen molar-refractivity contribution in [2.45, 2.75) is 39.0 Å². The van der Waals surface area contributed by atoms with Crippen LogP contribution in [0.5, 0.6) is 0 Å². The summed E-state index contributed by atoms with van der Waals surface area (Å²) in [6.07, 6.45) is -0.130. The lowest BCUT2D eigenvalue weighted by atomic mass is 9.96. The van der Waals surface area contributed by atoms with Crippen molar-refractivity contribution in [3.8, 4) is 0 Å². The minimum Gasteiger partial charge on any atom is -0.451 e. The van der Waals surface area contributed by atoms with Gasteiger partial charge in [0.25, 0.3) is 5.91 Å². The fourth-order valence-corrected chi connectivity index (χ4v) is 3.93. The Morgan fingerprint density at radius 3 is 2.33 bits per heavy atom. The normalized spacial score (nSPS) is 18.4. The summed E-state index contributed by atoms with van der Waals surface area (Å²) in [5, 5.41) is 1.88. The fraction of sp³-hybridized carbons (Fsp3) is 0.471. The number of amides is 3. The zero-order valence-electron chi connectivity index (χ0n) is 15.3. The Morgan fingerprint density at radius 2 is 1.81 bits per heavy atom. The third kappa shape index (κ3) is 5.04. The molecule has 10 heteroatoms. The van der Waals surface area contributed by atoms with Crippen LogP contribution in [0, 0.1) is 5.92 Å². The van der Waals surface area contributed by atoms with Crippen LogP contribution in [0.4, 0.5) is 4.79 Å². The predicted octanol–water partition coefficient (Wildman–Crippen LogP) is 0.136. The van der Waals surface area contributed by atoms with E-state index >= 15 is 0 Å². The van der Waals surface area contributed by atoms with Gasteiger partial charge in [0, 0.05) is 13.0 Å². The number of hydrogen-bond acceptors (Lipinski definition) is 6. The van der Waals surface area contributed by atoms with Gasteiger partial charge in [0.2, 0.25) is 10.0 Å². The van der Waals surface area contributed by atoms with E-state index in [0.717, 1.165) is 21.7 Å². The molecule has 0 aliphatic carbocycles. The topological polar surface area (TPSA) is 136 Å². The second-order valence-electron chi connectivity index (χ2n) is 6.75. The molecule has 148 valence electrons. The van der Waals surface area contributed by atoms with Gasteiger partial charge in [0.15, 0.2) is 6.10 Å². The Hall–Kier alpha value is -2.46. The number of nitrogens with two attached hydrogens (primary N) is 1. The van der Waals surface area contributed by atoms with Crippen LogP contribution in [-0.2, 0) is 37.3 Å². The van der Waals surface area contributed by atoms with Crippen LogP contribution < -0.4 is 11.1 Å². The van der Waals surface area contributed by atoms with Gasteiger partial charge in [-0.3, -0.25) is 14.9 Å². The Morgan fingerprint density at radius 1 is 1.22 bits per heavy atom. The number of nitrogens with zero attached hydrogens (tertiary/aromatic N) is 1. The van der Waals surface area contributed by atoms with Gasteiger partial charge >= 0.3 is 12.0 Å². The Balaban J connectivity index is 2.28. The van der Waals surface area contributed by atoms with Gasteiger partial charge in [-0.25, -0.2) is 13.2 Å². The van der Waals surface area contributed by atoms with Crippen molar-refractivity contribution in [2.75, 3.05) is 6.26 Å². The Kier molecular flexibility index (Phi) is 6.22. The highest BCUT2D eigenvalue weighted by Gasteiger charge is 2.40. The lowest BCUT2D eigenvalue weighted by Gasteiger charge is -2.34. The van der Waals surface area contributed by atoms with Crippen molar-refractivity contribution in [2.24, 2.45) is 11.7 Å². The monoisotopic (exact) mass is 397 g/mol. The smallest absolute Gasteiger partial charge is 0.325 e. The number of carbonyl (C=O) groups excluding carboxylic acids is 3. The third-order valence-corrected chi connectivity index (χ3v) is 5.49.